The maximum Gasteiger partial charge on any atom is 0.223 e. The Balaban J connectivity index is 1.73. The fourth-order valence-corrected chi connectivity index (χ4v) is 2.19. The largest absolute Gasteiger partial charge is 0.379 e. The molecule has 4 nitrogen and oxygen atoms in total. The van der Waals surface area contributed by atoms with Crippen LogP contribution in [0.25, 0.3) is 0 Å². The van der Waals surface area contributed by atoms with Crippen LogP contribution in [0.2, 0.25) is 0 Å². The maximum atomic E-state index is 11.6. The first-order valence-electron chi connectivity index (χ1n) is 5.83. The number of hydrogen-bond acceptors (Lipinski definition) is 3. The molecule has 2 fully saturated rings. The lowest BCUT2D eigenvalue weighted by Crippen LogP contribution is -2.41. The van der Waals surface area contributed by atoms with Crippen molar-refractivity contribution in [1.29, 1.82) is 0 Å². The van der Waals surface area contributed by atoms with Crippen molar-refractivity contribution in [3.05, 3.63) is 0 Å². The second-order valence-corrected chi connectivity index (χ2v) is 4.36. The number of hydrogen-bond donors (Lipinski definition) is 0. The highest BCUT2D eigenvalue weighted by atomic mass is 16.5. The molecule has 16 heavy (non-hydrogen) atoms. The smallest absolute Gasteiger partial charge is 0.223 e. The van der Waals surface area contributed by atoms with Crippen molar-refractivity contribution in [2.24, 2.45) is 5.92 Å². The molecular formula is C12H18N2O2. The van der Waals surface area contributed by atoms with Crippen LogP contribution in [-0.4, -0.2) is 61.6 Å². The van der Waals surface area contributed by atoms with Gasteiger partial charge in [0, 0.05) is 45.1 Å². The quantitative estimate of drug-likeness (QED) is 0.620. The summed E-state index contributed by atoms with van der Waals surface area (Å²) in [6.45, 7) is 6.03. The summed E-state index contributed by atoms with van der Waals surface area (Å²) in [4.78, 5) is 15.8. The SMILES string of the molecule is C#CC1CC(=O)N(CCN2CCOCC2)C1. The molecule has 0 saturated carbocycles. The van der Waals surface area contributed by atoms with Gasteiger partial charge in [-0.15, -0.1) is 12.3 Å². The molecule has 0 spiro atoms. The van der Waals surface area contributed by atoms with Gasteiger partial charge in [0.25, 0.3) is 0 Å². The lowest BCUT2D eigenvalue weighted by molar-refractivity contribution is -0.128. The standard InChI is InChI=1S/C12H18N2O2/c1-2-11-9-12(15)14(10-11)4-3-13-5-7-16-8-6-13/h1,11H,3-10H2. The van der Waals surface area contributed by atoms with Crippen molar-refractivity contribution >= 4 is 5.91 Å². The molecule has 2 rings (SSSR count). The number of terminal acetylenes is 1. The third kappa shape index (κ3) is 2.75. The van der Waals surface area contributed by atoms with Gasteiger partial charge in [-0.2, -0.15) is 0 Å². The number of amides is 1. The van der Waals surface area contributed by atoms with Crippen LogP contribution in [0.5, 0.6) is 0 Å². The third-order valence-electron chi connectivity index (χ3n) is 3.24. The Hall–Kier alpha value is -1.05. The summed E-state index contributed by atoms with van der Waals surface area (Å²) >= 11 is 0. The van der Waals surface area contributed by atoms with E-state index in [9.17, 15) is 4.79 Å². The van der Waals surface area contributed by atoms with Gasteiger partial charge in [0.05, 0.1) is 13.2 Å². The molecule has 2 aliphatic rings. The van der Waals surface area contributed by atoms with Gasteiger partial charge in [-0.3, -0.25) is 9.69 Å². The highest BCUT2D eigenvalue weighted by Crippen LogP contribution is 2.16. The van der Waals surface area contributed by atoms with Crippen LogP contribution in [0.3, 0.4) is 0 Å². The molecule has 2 aliphatic heterocycles. The van der Waals surface area contributed by atoms with Gasteiger partial charge in [-0.25, -0.2) is 0 Å². The zero-order chi connectivity index (χ0) is 11.4. The molecule has 0 aromatic heterocycles. The number of carbonyl (C=O) groups is 1. The topological polar surface area (TPSA) is 32.8 Å². The van der Waals surface area contributed by atoms with E-state index in [0.717, 1.165) is 45.9 Å². The first-order valence-corrected chi connectivity index (χ1v) is 5.83. The first-order chi connectivity index (χ1) is 7.79. The van der Waals surface area contributed by atoms with Crippen molar-refractivity contribution in [2.45, 2.75) is 6.42 Å². The van der Waals surface area contributed by atoms with Crippen molar-refractivity contribution in [3.8, 4) is 12.3 Å². The van der Waals surface area contributed by atoms with E-state index in [1.54, 1.807) is 0 Å². The first kappa shape index (κ1) is 11.4. The van der Waals surface area contributed by atoms with Crippen molar-refractivity contribution in [3.63, 3.8) is 0 Å². The van der Waals surface area contributed by atoms with Crippen LogP contribution in [0, 0.1) is 18.3 Å². The van der Waals surface area contributed by atoms with Gasteiger partial charge in [0.1, 0.15) is 0 Å². The van der Waals surface area contributed by atoms with E-state index in [4.69, 9.17) is 11.2 Å². The average Bonchev–Trinajstić information content (AvgIpc) is 2.69. The van der Waals surface area contributed by atoms with E-state index < -0.39 is 0 Å². The van der Waals surface area contributed by atoms with E-state index in [1.807, 2.05) is 4.90 Å². The predicted molar refractivity (Wildman–Crippen MR) is 60.8 cm³/mol. The summed E-state index contributed by atoms with van der Waals surface area (Å²) in [6.07, 6.45) is 5.87. The molecule has 0 bridgehead atoms. The normalized spacial score (nSPS) is 27.1. The molecule has 1 atom stereocenters. The molecule has 0 aliphatic carbocycles. The van der Waals surface area contributed by atoms with Crippen LogP contribution in [0.4, 0.5) is 0 Å². The fraction of sp³-hybridized carbons (Fsp3) is 0.750. The highest BCUT2D eigenvalue weighted by molar-refractivity contribution is 5.79. The van der Waals surface area contributed by atoms with Crippen LogP contribution in [0.1, 0.15) is 6.42 Å². The Morgan fingerprint density at radius 3 is 2.75 bits per heavy atom. The Morgan fingerprint density at radius 2 is 2.12 bits per heavy atom. The molecular weight excluding hydrogens is 204 g/mol. The van der Waals surface area contributed by atoms with Crippen LogP contribution in [0.15, 0.2) is 0 Å². The van der Waals surface area contributed by atoms with Gasteiger partial charge < -0.3 is 9.64 Å². The van der Waals surface area contributed by atoms with Crippen LogP contribution in [-0.2, 0) is 9.53 Å². The maximum absolute atomic E-state index is 11.6. The molecule has 88 valence electrons. The van der Waals surface area contributed by atoms with Crippen LogP contribution < -0.4 is 0 Å². The minimum Gasteiger partial charge on any atom is -0.379 e. The molecule has 0 radical (unpaired) electrons. The van der Waals surface area contributed by atoms with E-state index in [2.05, 4.69) is 10.8 Å². The summed E-state index contributed by atoms with van der Waals surface area (Å²) in [5, 5.41) is 0. The fourth-order valence-electron chi connectivity index (χ4n) is 2.19. The Bertz CT molecular complexity index is 292. The lowest BCUT2D eigenvalue weighted by atomic mass is 10.1. The van der Waals surface area contributed by atoms with Gasteiger partial charge in [0.15, 0.2) is 0 Å². The minimum atomic E-state index is 0.122. The molecule has 0 aromatic rings. The monoisotopic (exact) mass is 222 g/mol. The van der Waals surface area contributed by atoms with E-state index in [-0.39, 0.29) is 11.8 Å². The minimum absolute atomic E-state index is 0.122. The summed E-state index contributed by atoms with van der Waals surface area (Å²) < 4.78 is 5.28. The zero-order valence-electron chi connectivity index (χ0n) is 9.52. The van der Waals surface area contributed by atoms with Crippen LogP contribution >= 0.6 is 0 Å². The van der Waals surface area contributed by atoms with Crippen molar-refractivity contribution in [1.82, 2.24) is 9.80 Å². The van der Waals surface area contributed by atoms with Gasteiger partial charge in [0.2, 0.25) is 5.91 Å². The van der Waals surface area contributed by atoms with Crippen molar-refractivity contribution < 1.29 is 9.53 Å². The zero-order valence-corrected chi connectivity index (χ0v) is 9.52. The Labute approximate surface area is 96.5 Å². The second kappa shape index (κ2) is 5.33. The Morgan fingerprint density at radius 1 is 1.38 bits per heavy atom. The summed E-state index contributed by atoms with van der Waals surface area (Å²) in [7, 11) is 0. The van der Waals surface area contributed by atoms with E-state index in [1.165, 1.54) is 0 Å². The average molecular weight is 222 g/mol. The molecule has 4 heteroatoms. The highest BCUT2D eigenvalue weighted by Gasteiger charge is 2.28. The van der Waals surface area contributed by atoms with Gasteiger partial charge in [-0.05, 0) is 0 Å². The number of likely N-dealkylation sites (tertiary alicyclic amines) is 1. The Kier molecular flexibility index (Phi) is 3.81. The molecule has 1 unspecified atom stereocenters. The number of ether oxygens (including phenoxy) is 1. The number of rotatable bonds is 3. The molecule has 0 aromatic carbocycles. The second-order valence-electron chi connectivity index (χ2n) is 4.36. The molecule has 2 saturated heterocycles. The summed E-state index contributed by atoms with van der Waals surface area (Å²) in [5.41, 5.74) is 0. The third-order valence-corrected chi connectivity index (χ3v) is 3.24. The molecule has 2 heterocycles. The van der Waals surface area contributed by atoms with Crippen molar-refractivity contribution in [2.75, 3.05) is 45.9 Å². The summed E-state index contributed by atoms with van der Waals surface area (Å²) in [5.74, 6) is 2.99. The van der Waals surface area contributed by atoms with E-state index >= 15 is 0 Å². The van der Waals surface area contributed by atoms with Gasteiger partial charge >= 0.3 is 0 Å². The summed E-state index contributed by atoms with van der Waals surface area (Å²) in [6, 6.07) is 0. The lowest BCUT2D eigenvalue weighted by Gasteiger charge is -2.28. The predicted octanol–water partition coefficient (Wildman–Crippen LogP) is -0.200. The number of morpholine rings is 1. The number of carbonyl (C=O) groups excluding carboxylic acids is 1. The van der Waals surface area contributed by atoms with E-state index in [0.29, 0.717) is 6.42 Å². The van der Waals surface area contributed by atoms with Gasteiger partial charge in [-0.1, -0.05) is 0 Å². The molecule has 0 N–H and O–H groups in total. The molecule has 1 amide bonds. The number of nitrogens with zero attached hydrogens (tertiary/aromatic N) is 2.